The largest absolute Gasteiger partial charge is 0.462 e. The third-order valence-corrected chi connectivity index (χ3v) is 15.3. The summed E-state index contributed by atoms with van der Waals surface area (Å²) in [6, 6.07) is 0. The molecule has 0 N–H and O–H groups in total. The molecule has 6 nitrogen and oxygen atoms in total. The van der Waals surface area contributed by atoms with Crippen LogP contribution in [0.5, 0.6) is 0 Å². The van der Waals surface area contributed by atoms with E-state index in [0.29, 0.717) is 19.3 Å². The summed E-state index contributed by atoms with van der Waals surface area (Å²) >= 11 is 0. The van der Waals surface area contributed by atoms with E-state index in [9.17, 15) is 14.4 Å². The van der Waals surface area contributed by atoms with Crippen molar-refractivity contribution < 1.29 is 28.6 Å². The summed E-state index contributed by atoms with van der Waals surface area (Å²) in [5.74, 6) is -0.959. The zero-order valence-electron chi connectivity index (χ0n) is 54.7. The van der Waals surface area contributed by atoms with E-state index < -0.39 is 6.10 Å². The lowest BCUT2D eigenvalue weighted by molar-refractivity contribution is -0.167. The van der Waals surface area contributed by atoms with Crippen LogP contribution in [0.15, 0.2) is 109 Å². The van der Waals surface area contributed by atoms with Gasteiger partial charge in [0, 0.05) is 19.3 Å². The van der Waals surface area contributed by atoms with Crippen LogP contribution in [0.3, 0.4) is 0 Å². The first-order valence-corrected chi connectivity index (χ1v) is 35.4. The molecule has 0 saturated carbocycles. The van der Waals surface area contributed by atoms with E-state index in [0.717, 1.165) is 103 Å². The van der Waals surface area contributed by atoms with Crippen LogP contribution in [-0.4, -0.2) is 37.2 Å². The van der Waals surface area contributed by atoms with Crippen LogP contribution in [0, 0.1) is 0 Å². The second-order valence-corrected chi connectivity index (χ2v) is 23.4. The Hall–Kier alpha value is -3.93. The van der Waals surface area contributed by atoms with Gasteiger partial charge in [0.05, 0.1) is 0 Å². The summed E-state index contributed by atoms with van der Waals surface area (Å²) < 4.78 is 16.8. The van der Waals surface area contributed by atoms with Crippen LogP contribution in [-0.2, 0) is 28.6 Å². The SMILES string of the molecule is CC/C=C\C/C=C\C/C=C\C/C=C\C/C=C\C/C=C\C/C=C\C/C=C\C/C=C\CCCC(=O)OC(COC(=O)CCCCCCCC)COC(=O)CCCCCCCCCCCCCCCCCCCCCCCCCCCCCCCC. The third kappa shape index (κ3) is 68.7. The van der Waals surface area contributed by atoms with Crippen molar-refractivity contribution in [2.75, 3.05) is 13.2 Å². The molecule has 0 aliphatic heterocycles. The Balaban J connectivity index is 4.12. The smallest absolute Gasteiger partial charge is 0.306 e. The fourth-order valence-electron chi connectivity index (χ4n) is 10.0. The molecule has 0 amide bonds. The first kappa shape index (κ1) is 79.1. The van der Waals surface area contributed by atoms with Gasteiger partial charge in [0.25, 0.3) is 0 Å². The van der Waals surface area contributed by atoms with Crippen molar-refractivity contribution >= 4 is 17.9 Å². The molecule has 0 aromatic heterocycles. The lowest BCUT2D eigenvalue weighted by atomic mass is 10.0. The highest BCUT2D eigenvalue weighted by Gasteiger charge is 2.19. The van der Waals surface area contributed by atoms with Crippen molar-refractivity contribution in [2.24, 2.45) is 0 Å². The van der Waals surface area contributed by atoms with Crippen LogP contribution in [0.4, 0.5) is 0 Å². The van der Waals surface area contributed by atoms with Gasteiger partial charge in [0.15, 0.2) is 6.10 Å². The topological polar surface area (TPSA) is 78.9 Å². The van der Waals surface area contributed by atoms with Gasteiger partial charge in [-0.2, -0.15) is 0 Å². The van der Waals surface area contributed by atoms with Crippen LogP contribution >= 0.6 is 0 Å². The molecule has 6 heteroatoms. The van der Waals surface area contributed by atoms with Crippen molar-refractivity contribution in [1.29, 1.82) is 0 Å². The number of rotatable bonds is 64. The van der Waals surface area contributed by atoms with E-state index in [1.54, 1.807) is 0 Å². The maximum absolute atomic E-state index is 12.8. The van der Waals surface area contributed by atoms with Gasteiger partial charge in [-0.05, 0) is 83.5 Å². The molecule has 0 aliphatic carbocycles. The van der Waals surface area contributed by atoms with Crippen LogP contribution in [0.25, 0.3) is 0 Å². The average Bonchev–Trinajstić information content (AvgIpc) is 3.48. The van der Waals surface area contributed by atoms with Gasteiger partial charge in [-0.15, -0.1) is 0 Å². The average molecular weight is 1150 g/mol. The molecule has 0 aliphatic rings. The standard InChI is InChI=1S/C77H132O6/c1-4-7-10-13-16-18-20-22-24-26-28-30-32-34-36-38-40-41-43-45-47-49-51-53-55-57-59-61-64-67-70-76(79)82-73-74(72-81-75(78)69-66-63-15-12-9-6-3)83-77(80)71-68-65-62-60-58-56-54-52-50-48-46-44-42-39-37-35-33-31-29-27-25-23-21-19-17-14-11-8-5-2/h8,11,17,19,23,25,29,31,35,37,42,44,48,50,54,56,60,62,74H,4-7,9-10,12-16,18,20-22,24,26-28,30,32-34,36,38-41,43,45-47,49,51-53,55,57-59,61,63-73H2,1-3H3/b11-8-,19-17-,25-23-,31-29-,37-35-,44-42-,50-48-,56-54-,62-60-. The van der Waals surface area contributed by atoms with E-state index in [-0.39, 0.29) is 37.5 Å². The van der Waals surface area contributed by atoms with Crippen LogP contribution in [0.1, 0.15) is 342 Å². The van der Waals surface area contributed by atoms with Gasteiger partial charge in [-0.25, -0.2) is 0 Å². The van der Waals surface area contributed by atoms with Crippen molar-refractivity contribution in [3.8, 4) is 0 Å². The molecule has 0 heterocycles. The van der Waals surface area contributed by atoms with Crippen LogP contribution in [0.2, 0.25) is 0 Å². The molecule has 0 radical (unpaired) electrons. The van der Waals surface area contributed by atoms with Crippen molar-refractivity contribution in [3.63, 3.8) is 0 Å². The highest BCUT2D eigenvalue weighted by molar-refractivity contribution is 5.71. The fourth-order valence-corrected chi connectivity index (χ4v) is 10.0. The molecule has 0 aromatic rings. The number of unbranched alkanes of at least 4 members (excludes halogenated alkanes) is 35. The first-order chi connectivity index (χ1) is 41.0. The zero-order valence-corrected chi connectivity index (χ0v) is 54.7. The Morgan fingerprint density at radius 2 is 0.470 bits per heavy atom. The van der Waals surface area contributed by atoms with E-state index in [2.05, 4.69) is 130 Å². The fraction of sp³-hybridized carbons (Fsp3) is 0.727. The molecular weight excluding hydrogens is 1020 g/mol. The molecule has 0 rings (SSSR count). The molecule has 0 spiro atoms. The van der Waals surface area contributed by atoms with Crippen molar-refractivity contribution in [1.82, 2.24) is 0 Å². The highest BCUT2D eigenvalue weighted by Crippen LogP contribution is 2.18. The second-order valence-electron chi connectivity index (χ2n) is 23.4. The molecule has 1 atom stereocenters. The Labute approximate surface area is 514 Å². The number of carbonyl (C=O) groups excluding carboxylic acids is 3. The van der Waals surface area contributed by atoms with Gasteiger partial charge in [-0.3, -0.25) is 14.4 Å². The molecule has 0 saturated heterocycles. The molecule has 0 fully saturated rings. The zero-order chi connectivity index (χ0) is 59.9. The first-order valence-electron chi connectivity index (χ1n) is 35.4. The van der Waals surface area contributed by atoms with Crippen LogP contribution < -0.4 is 0 Å². The van der Waals surface area contributed by atoms with E-state index in [1.165, 1.54) is 193 Å². The lowest BCUT2D eigenvalue weighted by Crippen LogP contribution is -2.30. The second kappa shape index (κ2) is 70.6. The van der Waals surface area contributed by atoms with Crippen molar-refractivity contribution in [2.45, 2.75) is 348 Å². The summed E-state index contributed by atoms with van der Waals surface area (Å²) in [7, 11) is 0. The monoisotopic (exact) mass is 1150 g/mol. The quantitative estimate of drug-likeness (QED) is 0.0261. The minimum absolute atomic E-state index is 0.0988. The maximum Gasteiger partial charge on any atom is 0.306 e. The number of hydrogen-bond acceptors (Lipinski definition) is 6. The molecule has 476 valence electrons. The third-order valence-electron chi connectivity index (χ3n) is 15.3. The number of carbonyl (C=O) groups is 3. The number of ether oxygens (including phenoxy) is 3. The minimum atomic E-state index is -0.807. The minimum Gasteiger partial charge on any atom is -0.462 e. The summed E-state index contributed by atoms with van der Waals surface area (Å²) in [5.41, 5.74) is 0. The Morgan fingerprint density at radius 3 is 0.723 bits per heavy atom. The number of esters is 3. The predicted molar refractivity (Wildman–Crippen MR) is 362 cm³/mol. The molecule has 0 bridgehead atoms. The van der Waals surface area contributed by atoms with Gasteiger partial charge in [0.2, 0.25) is 0 Å². The summed E-state index contributed by atoms with van der Waals surface area (Å²) in [4.78, 5) is 38.1. The van der Waals surface area contributed by atoms with Crippen molar-refractivity contribution in [3.05, 3.63) is 109 Å². The van der Waals surface area contributed by atoms with E-state index in [4.69, 9.17) is 14.2 Å². The Kier molecular flexibility index (Phi) is 67.2. The summed E-state index contributed by atoms with van der Waals surface area (Å²) in [6.45, 7) is 6.45. The molecular formula is C77H132O6. The molecule has 0 aromatic carbocycles. The lowest BCUT2D eigenvalue weighted by Gasteiger charge is -2.18. The van der Waals surface area contributed by atoms with Gasteiger partial charge >= 0.3 is 17.9 Å². The summed E-state index contributed by atoms with van der Waals surface area (Å²) in [6.07, 6.45) is 97.5. The van der Waals surface area contributed by atoms with Gasteiger partial charge in [0.1, 0.15) is 13.2 Å². The van der Waals surface area contributed by atoms with Gasteiger partial charge < -0.3 is 14.2 Å². The molecule has 1 unspecified atom stereocenters. The summed E-state index contributed by atoms with van der Waals surface area (Å²) in [5, 5.41) is 0. The highest BCUT2D eigenvalue weighted by atomic mass is 16.6. The maximum atomic E-state index is 12.8. The number of hydrogen-bond donors (Lipinski definition) is 0. The van der Waals surface area contributed by atoms with E-state index in [1.807, 2.05) is 0 Å². The van der Waals surface area contributed by atoms with E-state index >= 15 is 0 Å². The number of allylic oxidation sites excluding steroid dienone is 18. The predicted octanol–water partition coefficient (Wildman–Crippen LogP) is 24.6. The Morgan fingerprint density at radius 1 is 0.253 bits per heavy atom. The normalized spacial score (nSPS) is 12.8. The Bertz CT molecular complexity index is 1660. The molecule has 83 heavy (non-hydrogen) atoms. The van der Waals surface area contributed by atoms with Gasteiger partial charge in [-0.1, -0.05) is 348 Å².